The second kappa shape index (κ2) is 7.98. The first-order valence-electron chi connectivity index (χ1n) is 8.23. The molecule has 0 radical (unpaired) electrons. The standard InChI is InChI=1S/C17H28N4O2S/c1-17(2,3)23-16(22)21-8-6-20(7-9-21)10-11-24-13-4-5-14(18)15(19)12-13/h4-5,12H,6-11,18-19H2,1-3H3. The Morgan fingerprint density at radius 2 is 1.83 bits per heavy atom. The van der Waals surface area contributed by atoms with Crippen molar-refractivity contribution in [2.45, 2.75) is 31.3 Å². The third-order valence-corrected chi connectivity index (χ3v) is 4.73. The molecule has 2 rings (SSSR count). The van der Waals surface area contributed by atoms with Gasteiger partial charge in [0.25, 0.3) is 0 Å². The third kappa shape index (κ3) is 5.79. The Hall–Kier alpha value is -1.60. The Balaban J connectivity index is 1.69. The van der Waals surface area contributed by atoms with Crippen molar-refractivity contribution in [2.24, 2.45) is 0 Å². The summed E-state index contributed by atoms with van der Waals surface area (Å²) in [5, 5.41) is 0. The Labute approximate surface area is 148 Å². The number of hydrogen-bond donors (Lipinski definition) is 2. The topological polar surface area (TPSA) is 84.8 Å². The summed E-state index contributed by atoms with van der Waals surface area (Å²) in [6.45, 7) is 9.85. The van der Waals surface area contributed by atoms with Gasteiger partial charge >= 0.3 is 6.09 Å². The predicted octanol–water partition coefficient (Wildman–Crippen LogP) is 2.50. The number of nitrogens with zero attached hydrogens (tertiary/aromatic N) is 2. The molecule has 1 aromatic carbocycles. The highest BCUT2D eigenvalue weighted by atomic mass is 32.2. The van der Waals surface area contributed by atoms with Crippen molar-refractivity contribution >= 4 is 29.2 Å². The van der Waals surface area contributed by atoms with Gasteiger partial charge in [-0.3, -0.25) is 4.90 Å². The highest BCUT2D eigenvalue weighted by Gasteiger charge is 2.25. The molecule has 4 N–H and O–H groups in total. The Morgan fingerprint density at radius 1 is 1.17 bits per heavy atom. The predicted molar refractivity (Wildman–Crippen MR) is 100 cm³/mol. The molecule has 0 unspecified atom stereocenters. The maximum atomic E-state index is 12.0. The molecule has 0 spiro atoms. The molecule has 1 aliphatic rings. The first-order chi connectivity index (χ1) is 11.2. The lowest BCUT2D eigenvalue weighted by atomic mass is 10.2. The molecule has 1 aliphatic heterocycles. The van der Waals surface area contributed by atoms with Crippen molar-refractivity contribution in [1.82, 2.24) is 9.80 Å². The summed E-state index contributed by atoms with van der Waals surface area (Å²) in [5.74, 6) is 0.982. The van der Waals surface area contributed by atoms with Gasteiger partial charge < -0.3 is 21.1 Å². The van der Waals surface area contributed by atoms with Crippen LogP contribution >= 0.6 is 11.8 Å². The monoisotopic (exact) mass is 352 g/mol. The van der Waals surface area contributed by atoms with Gasteiger partial charge in [0.2, 0.25) is 0 Å². The number of piperazine rings is 1. The van der Waals surface area contributed by atoms with E-state index in [0.717, 1.165) is 30.3 Å². The number of ether oxygens (including phenoxy) is 1. The average molecular weight is 353 g/mol. The Kier molecular flexibility index (Phi) is 6.23. The summed E-state index contributed by atoms with van der Waals surface area (Å²) in [5.41, 5.74) is 12.4. The number of rotatable bonds is 4. The van der Waals surface area contributed by atoms with E-state index in [1.165, 1.54) is 0 Å². The van der Waals surface area contributed by atoms with Crippen LogP contribution in [0.4, 0.5) is 16.2 Å². The van der Waals surface area contributed by atoms with Gasteiger partial charge in [-0.2, -0.15) is 0 Å². The van der Waals surface area contributed by atoms with Gasteiger partial charge in [0.1, 0.15) is 5.60 Å². The van der Waals surface area contributed by atoms with Crippen molar-refractivity contribution in [3.63, 3.8) is 0 Å². The molecule has 134 valence electrons. The fraction of sp³-hybridized carbons (Fsp3) is 0.588. The minimum atomic E-state index is -0.439. The van der Waals surface area contributed by atoms with Crippen molar-refractivity contribution in [3.05, 3.63) is 18.2 Å². The average Bonchev–Trinajstić information content (AvgIpc) is 2.50. The van der Waals surface area contributed by atoms with E-state index in [2.05, 4.69) is 4.90 Å². The minimum Gasteiger partial charge on any atom is -0.444 e. The molecule has 1 fully saturated rings. The number of anilines is 2. The largest absolute Gasteiger partial charge is 0.444 e. The van der Waals surface area contributed by atoms with Crippen LogP contribution in [0.15, 0.2) is 23.1 Å². The van der Waals surface area contributed by atoms with Crippen molar-refractivity contribution in [1.29, 1.82) is 0 Å². The zero-order chi connectivity index (χ0) is 17.7. The number of hydrogen-bond acceptors (Lipinski definition) is 6. The Morgan fingerprint density at radius 3 is 2.42 bits per heavy atom. The Bertz CT molecular complexity index is 566. The molecule has 0 atom stereocenters. The van der Waals surface area contributed by atoms with Crippen LogP contribution in [-0.4, -0.2) is 60.0 Å². The van der Waals surface area contributed by atoms with Crippen LogP contribution in [-0.2, 0) is 4.74 Å². The van der Waals surface area contributed by atoms with Gasteiger partial charge in [-0.1, -0.05) is 0 Å². The fourth-order valence-corrected chi connectivity index (χ4v) is 3.38. The molecule has 0 aliphatic carbocycles. The van der Waals surface area contributed by atoms with Crippen LogP contribution in [0.5, 0.6) is 0 Å². The maximum absolute atomic E-state index is 12.0. The van der Waals surface area contributed by atoms with Crippen LogP contribution < -0.4 is 11.5 Å². The van der Waals surface area contributed by atoms with E-state index in [0.29, 0.717) is 24.5 Å². The van der Waals surface area contributed by atoms with Crippen LogP contribution in [0.2, 0.25) is 0 Å². The number of amides is 1. The van der Waals surface area contributed by atoms with Crippen molar-refractivity contribution < 1.29 is 9.53 Å². The minimum absolute atomic E-state index is 0.214. The van der Waals surface area contributed by atoms with E-state index in [9.17, 15) is 4.79 Å². The van der Waals surface area contributed by atoms with Gasteiger partial charge in [0, 0.05) is 43.4 Å². The van der Waals surface area contributed by atoms with Gasteiger partial charge in [-0.25, -0.2) is 4.79 Å². The highest BCUT2D eigenvalue weighted by Crippen LogP contribution is 2.24. The second-order valence-corrected chi connectivity index (χ2v) is 8.12. The number of nitrogens with two attached hydrogens (primary N) is 2. The molecule has 24 heavy (non-hydrogen) atoms. The fourth-order valence-electron chi connectivity index (χ4n) is 2.42. The van der Waals surface area contributed by atoms with Crippen LogP contribution in [0, 0.1) is 0 Å². The van der Waals surface area contributed by atoms with E-state index >= 15 is 0 Å². The highest BCUT2D eigenvalue weighted by molar-refractivity contribution is 7.99. The van der Waals surface area contributed by atoms with E-state index in [4.69, 9.17) is 16.2 Å². The van der Waals surface area contributed by atoms with Gasteiger partial charge in [0.05, 0.1) is 11.4 Å². The molecule has 1 aromatic rings. The zero-order valence-corrected chi connectivity index (χ0v) is 15.6. The van der Waals surface area contributed by atoms with Crippen LogP contribution in [0.25, 0.3) is 0 Å². The SMILES string of the molecule is CC(C)(C)OC(=O)N1CCN(CCSc2ccc(N)c(N)c2)CC1. The molecule has 1 amide bonds. The first kappa shape index (κ1) is 18.7. The molecule has 0 bridgehead atoms. The maximum Gasteiger partial charge on any atom is 0.410 e. The lowest BCUT2D eigenvalue weighted by Crippen LogP contribution is -2.50. The third-order valence-electron chi connectivity index (χ3n) is 3.76. The number of carbonyl (C=O) groups excluding carboxylic acids is 1. The molecule has 1 heterocycles. The molecule has 0 saturated carbocycles. The number of carbonyl (C=O) groups is 1. The quantitative estimate of drug-likeness (QED) is 0.640. The van der Waals surface area contributed by atoms with E-state index in [1.807, 2.05) is 39.0 Å². The van der Waals surface area contributed by atoms with Crippen molar-refractivity contribution in [2.75, 3.05) is 49.9 Å². The van der Waals surface area contributed by atoms with Crippen LogP contribution in [0.1, 0.15) is 20.8 Å². The molecular formula is C17H28N4O2S. The van der Waals surface area contributed by atoms with E-state index < -0.39 is 5.60 Å². The van der Waals surface area contributed by atoms with Gasteiger partial charge in [-0.05, 0) is 39.0 Å². The van der Waals surface area contributed by atoms with Crippen molar-refractivity contribution in [3.8, 4) is 0 Å². The summed E-state index contributed by atoms with van der Waals surface area (Å²) in [6.07, 6.45) is -0.214. The lowest BCUT2D eigenvalue weighted by molar-refractivity contribution is 0.0150. The summed E-state index contributed by atoms with van der Waals surface area (Å²) in [6, 6.07) is 5.76. The van der Waals surface area contributed by atoms with Crippen LogP contribution in [0.3, 0.4) is 0 Å². The van der Waals surface area contributed by atoms with E-state index in [-0.39, 0.29) is 6.09 Å². The summed E-state index contributed by atoms with van der Waals surface area (Å²) < 4.78 is 5.41. The van der Waals surface area contributed by atoms with Gasteiger partial charge in [0.15, 0.2) is 0 Å². The molecule has 1 saturated heterocycles. The molecule has 6 nitrogen and oxygen atoms in total. The molecule has 7 heteroatoms. The zero-order valence-electron chi connectivity index (χ0n) is 14.7. The van der Waals surface area contributed by atoms with E-state index in [1.54, 1.807) is 16.7 Å². The summed E-state index contributed by atoms with van der Waals surface area (Å²) in [4.78, 5) is 17.3. The van der Waals surface area contributed by atoms with Gasteiger partial charge in [-0.15, -0.1) is 11.8 Å². The number of thioether (sulfide) groups is 1. The number of nitrogen functional groups attached to an aromatic ring is 2. The number of benzene rings is 1. The lowest BCUT2D eigenvalue weighted by Gasteiger charge is -2.35. The normalized spacial score (nSPS) is 16.2. The molecular weight excluding hydrogens is 324 g/mol. The first-order valence-corrected chi connectivity index (χ1v) is 9.21. The smallest absolute Gasteiger partial charge is 0.410 e. The summed E-state index contributed by atoms with van der Waals surface area (Å²) >= 11 is 1.77. The second-order valence-electron chi connectivity index (χ2n) is 6.95. The molecule has 0 aromatic heterocycles. The summed E-state index contributed by atoms with van der Waals surface area (Å²) in [7, 11) is 0.